The van der Waals surface area contributed by atoms with Gasteiger partial charge >= 0.3 is 0 Å². The molecule has 1 amide bonds. The number of anilines is 1. The summed E-state index contributed by atoms with van der Waals surface area (Å²) in [4.78, 5) is 34.9. The summed E-state index contributed by atoms with van der Waals surface area (Å²) in [6, 6.07) is 18.3. The van der Waals surface area contributed by atoms with E-state index in [1.807, 2.05) is 42.6 Å². The number of aliphatic hydroxyl groups is 1. The second kappa shape index (κ2) is 7.49. The fourth-order valence-electron chi connectivity index (χ4n) is 4.34. The van der Waals surface area contributed by atoms with Crippen LogP contribution in [0.1, 0.15) is 27.9 Å². The normalized spacial score (nSPS) is 17.8. The first-order valence-electron chi connectivity index (χ1n) is 10.2. The number of ketones is 1. The van der Waals surface area contributed by atoms with Gasteiger partial charge in [-0.25, -0.2) is 0 Å². The van der Waals surface area contributed by atoms with Crippen molar-refractivity contribution in [1.29, 1.82) is 0 Å². The molecule has 0 fully saturated rings. The molecule has 0 radical (unpaired) electrons. The monoisotopic (exact) mass is 411 g/mol. The van der Waals surface area contributed by atoms with Gasteiger partial charge in [-0.1, -0.05) is 36.4 Å². The third kappa shape index (κ3) is 3.21. The van der Waals surface area contributed by atoms with Crippen molar-refractivity contribution < 1.29 is 14.7 Å². The molecule has 0 saturated carbocycles. The third-order valence-electron chi connectivity index (χ3n) is 5.94. The SMILES string of the molecule is O=C(CC1(O)C(=O)N(CCc2c[nH]c3ccccc23)c2ccccc21)c1ccncc1. The minimum Gasteiger partial charge on any atom is -0.375 e. The van der Waals surface area contributed by atoms with Crippen molar-refractivity contribution in [2.75, 3.05) is 11.4 Å². The lowest BCUT2D eigenvalue weighted by atomic mass is 9.88. The number of Topliss-reactive ketones (excluding diaryl/α,β-unsaturated/α-hetero) is 1. The maximum atomic E-state index is 13.4. The number of aromatic amines is 1. The van der Waals surface area contributed by atoms with Crippen LogP contribution in [-0.2, 0) is 16.8 Å². The van der Waals surface area contributed by atoms with Gasteiger partial charge in [-0.05, 0) is 36.2 Å². The van der Waals surface area contributed by atoms with E-state index in [4.69, 9.17) is 0 Å². The molecule has 0 spiro atoms. The third-order valence-corrected chi connectivity index (χ3v) is 5.94. The maximum absolute atomic E-state index is 13.4. The predicted molar refractivity (Wildman–Crippen MR) is 118 cm³/mol. The summed E-state index contributed by atoms with van der Waals surface area (Å²) in [5.41, 5.74) is 1.82. The van der Waals surface area contributed by atoms with Gasteiger partial charge in [0.1, 0.15) is 0 Å². The number of carbonyl (C=O) groups excluding carboxylic acids is 2. The zero-order valence-electron chi connectivity index (χ0n) is 16.8. The summed E-state index contributed by atoms with van der Waals surface area (Å²) in [5, 5.41) is 12.5. The molecule has 2 N–H and O–H groups in total. The van der Waals surface area contributed by atoms with Crippen molar-refractivity contribution in [3.8, 4) is 0 Å². The number of benzene rings is 2. The Morgan fingerprint density at radius 2 is 1.77 bits per heavy atom. The van der Waals surface area contributed by atoms with Gasteiger partial charge in [-0.3, -0.25) is 14.6 Å². The number of nitrogens with zero attached hydrogens (tertiary/aromatic N) is 2. The minimum atomic E-state index is -1.88. The van der Waals surface area contributed by atoms with Crippen molar-refractivity contribution in [3.63, 3.8) is 0 Å². The van der Waals surface area contributed by atoms with Crippen LogP contribution in [0.5, 0.6) is 0 Å². The van der Waals surface area contributed by atoms with Gasteiger partial charge < -0.3 is 15.0 Å². The number of pyridine rings is 1. The minimum absolute atomic E-state index is 0.300. The van der Waals surface area contributed by atoms with E-state index in [2.05, 4.69) is 9.97 Å². The summed E-state index contributed by atoms with van der Waals surface area (Å²) < 4.78 is 0. The van der Waals surface area contributed by atoms with Gasteiger partial charge in [0.05, 0.1) is 12.1 Å². The van der Waals surface area contributed by atoms with Crippen molar-refractivity contribution in [1.82, 2.24) is 9.97 Å². The number of nitrogens with one attached hydrogen (secondary N) is 1. The van der Waals surface area contributed by atoms with E-state index in [1.165, 1.54) is 12.4 Å². The highest BCUT2D eigenvalue weighted by Gasteiger charge is 2.50. The number of amides is 1. The topological polar surface area (TPSA) is 86.3 Å². The quantitative estimate of drug-likeness (QED) is 0.475. The average Bonchev–Trinajstić information content (AvgIpc) is 3.31. The van der Waals surface area contributed by atoms with E-state index in [0.717, 1.165) is 16.5 Å². The smallest absolute Gasteiger partial charge is 0.264 e. The zero-order valence-corrected chi connectivity index (χ0v) is 16.8. The summed E-state index contributed by atoms with van der Waals surface area (Å²) in [5.74, 6) is -0.762. The van der Waals surface area contributed by atoms with Crippen molar-refractivity contribution in [2.24, 2.45) is 0 Å². The summed E-state index contributed by atoms with van der Waals surface area (Å²) in [7, 11) is 0. The summed E-state index contributed by atoms with van der Waals surface area (Å²) in [6.07, 6.45) is 5.32. The van der Waals surface area contributed by atoms with E-state index < -0.39 is 11.5 Å². The van der Waals surface area contributed by atoms with Crippen LogP contribution in [0.3, 0.4) is 0 Å². The lowest BCUT2D eigenvalue weighted by Gasteiger charge is -2.22. The molecule has 6 nitrogen and oxygen atoms in total. The van der Waals surface area contributed by atoms with E-state index in [1.54, 1.807) is 29.2 Å². The first kappa shape index (κ1) is 19.2. The zero-order chi connectivity index (χ0) is 21.4. The van der Waals surface area contributed by atoms with Crippen LogP contribution in [0.4, 0.5) is 5.69 Å². The van der Waals surface area contributed by atoms with Gasteiger partial charge in [0.2, 0.25) is 0 Å². The van der Waals surface area contributed by atoms with Gasteiger partial charge in [0, 0.05) is 47.2 Å². The highest BCUT2D eigenvalue weighted by molar-refractivity contribution is 6.10. The van der Waals surface area contributed by atoms with Gasteiger partial charge in [-0.2, -0.15) is 0 Å². The van der Waals surface area contributed by atoms with Gasteiger partial charge in [0.15, 0.2) is 11.4 Å². The molecule has 31 heavy (non-hydrogen) atoms. The number of H-pyrrole nitrogens is 1. The van der Waals surface area contributed by atoms with Crippen LogP contribution in [-0.4, -0.2) is 33.3 Å². The predicted octanol–water partition coefficient (Wildman–Crippen LogP) is 3.61. The molecule has 0 bridgehead atoms. The van der Waals surface area contributed by atoms with E-state index in [0.29, 0.717) is 29.8 Å². The maximum Gasteiger partial charge on any atom is 0.264 e. The fourth-order valence-corrected chi connectivity index (χ4v) is 4.34. The largest absolute Gasteiger partial charge is 0.375 e. The van der Waals surface area contributed by atoms with Crippen molar-refractivity contribution >= 4 is 28.3 Å². The van der Waals surface area contributed by atoms with E-state index in [9.17, 15) is 14.7 Å². The Morgan fingerprint density at radius 3 is 2.61 bits per heavy atom. The highest BCUT2D eigenvalue weighted by Crippen LogP contribution is 2.43. The number of aromatic nitrogens is 2. The summed E-state index contributed by atoms with van der Waals surface area (Å²) >= 11 is 0. The van der Waals surface area contributed by atoms with Crippen LogP contribution in [0, 0.1) is 0 Å². The number of fused-ring (bicyclic) bond motifs is 2. The van der Waals surface area contributed by atoms with Crippen LogP contribution in [0.2, 0.25) is 0 Å². The molecule has 1 aliphatic heterocycles. The Hall–Kier alpha value is -3.77. The molecule has 4 aromatic rings. The second-order valence-electron chi connectivity index (χ2n) is 7.78. The molecule has 1 aliphatic rings. The highest BCUT2D eigenvalue weighted by atomic mass is 16.3. The molecule has 5 rings (SSSR count). The number of hydrogen-bond acceptors (Lipinski definition) is 4. The van der Waals surface area contributed by atoms with Gasteiger partial charge in [-0.15, -0.1) is 0 Å². The standard InChI is InChI=1S/C25H21N3O3/c29-23(17-9-12-26-13-10-17)15-25(31)20-6-2-4-8-22(20)28(24(25)30)14-11-18-16-27-21-7-3-1-5-19(18)21/h1-10,12-13,16,27,31H,11,14-15H2. The Morgan fingerprint density at radius 1 is 1.03 bits per heavy atom. The average molecular weight is 411 g/mol. The molecule has 3 heterocycles. The number of hydrogen-bond donors (Lipinski definition) is 2. The van der Waals surface area contributed by atoms with Crippen LogP contribution >= 0.6 is 0 Å². The first-order valence-corrected chi connectivity index (χ1v) is 10.2. The Labute approximate surface area is 179 Å². The molecule has 0 saturated heterocycles. The molecule has 6 heteroatoms. The fraction of sp³-hybridized carbons (Fsp3) is 0.160. The van der Waals surface area contributed by atoms with E-state index in [-0.39, 0.29) is 12.2 Å². The molecule has 2 aromatic carbocycles. The molecular weight excluding hydrogens is 390 g/mol. The van der Waals surface area contributed by atoms with Gasteiger partial charge in [0.25, 0.3) is 5.91 Å². The Bertz CT molecular complexity index is 1280. The molecule has 1 unspecified atom stereocenters. The van der Waals surface area contributed by atoms with Crippen LogP contribution in [0.15, 0.2) is 79.3 Å². The number of para-hydroxylation sites is 2. The lowest BCUT2D eigenvalue weighted by molar-refractivity contribution is -0.135. The second-order valence-corrected chi connectivity index (χ2v) is 7.78. The van der Waals surface area contributed by atoms with Crippen LogP contribution in [0.25, 0.3) is 10.9 Å². The van der Waals surface area contributed by atoms with Crippen molar-refractivity contribution in [3.05, 3.63) is 95.9 Å². The first-order chi connectivity index (χ1) is 15.1. The molecule has 154 valence electrons. The molecular formula is C25H21N3O3. The molecule has 2 aromatic heterocycles. The molecule has 1 atom stereocenters. The molecule has 0 aliphatic carbocycles. The number of carbonyl (C=O) groups is 2. The Kier molecular flexibility index (Phi) is 4.64. The summed E-state index contributed by atoms with van der Waals surface area (Å²) in [6.45, 7) is 0.406. The number of rotatable bonds is 6. The van der Waals surface area contributed by atoms with Crippen LogP contribution < -0.4 is 4.90 Å². The lowest BCUT2D eigenvalue weighted by Crippen LogP contribution is -2.42. The van der Waals surface area contributed by atoms with Crippen molar-refractivity contribution in [2.45, 2.75) is 18.4 Å². The van der Waals surface area contributed by atoms with E-state index >= 15 is 0 Å². The Balaban J connectivity index is 1.43.